The zero-order chi connectivity index (χ0) is 13.2. The van der Waals surface area contributed by atoms with Gasteiger partial charge in [-0.15, -0.1) is 0 Å². The van der Waals surface area contributed by atoms with Crippen molar-refractivity contribution >= 4 is 15.5 Å². The number of nitrogens with one attached hydrogen (secondary N) is 1. The van der Waals surface area contributed by atoms with Crippen molar-refractivity contribution in [2.24, 2.45) is 11.7 Å². The van der Waals surface area contributed by atoms with E-state index >= 15 is 0 Å². The molecule has 0 aromatic heterocycles. The van der Waals surface area contributed by atoms with Crippen molar-refractivity contribution in [3.05, 3.63) is 24.3 Å². The second-order valence-electron chi connectivity index (χ2n) is 5.12. The lowest BCUT2D eigenvalue weighted by atomic mass is 10.1. The minimum Gasteiger partial charge on any atom is -0.385 e. The minimum atomic E-state index is -3.10. The van der Waals surface area contributed by atoms with Gasteiger partial charge in [-0.25, -0.2) is 8.42 Å². The first-order chi connectivity index (χ1) is 8.45. The molecule has 0 saturated heterocycles. The van der Waals surface area contributed by atoms with Crippen LogP contribution < -0.4 is 11.1 Å². The Bertz CT molecular complexity index is 496. The maximum absolute atomic E-state index is 11.3. The van der Waals surface area contributed by atoms with Gasteiger partial charge in [-0.2, -0.15) is 0 Å². The van der Waals surface area contributed by atoms with Gasteiger partial charge in [0, 0.05) is 24.5 Å². The summed E-state index contributed by atoms with van der Waals surface area (Å²) < 4.78 is 22.6. The number of benzene rings is 1. The van der Waals surface area contributed by atoms with Gasteiger partial charge >= 0.3 is 0 Å². The van der Waals surface area contributed by atoms with Gasteiger partial charge in [-0.05, 0) is 49.4 Å². The van der Waals surface area contributed by atoms with Crippen LogP contribution in [0.1, 0.15) is 19.3 Å². The molecule has 0 amide bonds. The van der Waals surface area contributed by atoms with Crippen LogP contribution in [0.25, 0.3) is 0 Å². The van der Waals surface area contributed by atoms with Crippen LogP contribution in [-0.4, -0.2) is 27.3 Å². The van der Waals surface area contributed by atoms with Crippen LogP contribution in [-0.2, 0) is 9.84 Å². The number of rotatable bonds is 4. The molecule has 1 saturated carbocycles. The Hall–Kier alpha value is -1.07. The van der Waals surface area contributed by atoms with Crippen molar-refractivity contribution in [1.82, 2.24) is 0 Å². The van der Waals surface area contributed by atoms with Crippen LogP contribution in [0.2, 0.25) is 0 Å². The molecule has 1 aliphatic rings. The van der Waals surface area contributed by atoms with Crippen LogP contribution >= 0.6 is 0 Å². The summed E-state index contributed by atoms with van der Waals surface area (Å²) in [7, 11) is -3.10. The van der Waals surface area contributed by atoms with Crippen molar-refractivity contribution in [2.75, 3.05) is 18.1 Å². The van der Waals surface area contributed by atoms with Crippen molar-refractivity contribution in [1.29, 1.82) is 0 Å². The summed E-state index contributed by atoms with van der Waals surface area (Å²) in [5.74, 6) is 0.634. The van der Waals surface area contributed by atoms with Gasteiger partial charge in [0.15, 0.2) is 9.84 Å². The van der Waals surface area contributed by atoms with E-state index < -0.39 is 9.84 Å². The van der Waals surface area contributed by atoms with E-state index in [0.29, 0.717) is 16.9 Å². The third-order valence-corrected chi connectivity index (χ3v) is 4.59. The number of hydrogen-bond donors (Lipinski definition) is 2. The Labute approximate surface area is 108 Å². The lowest BCUT2D eigenvalue weighted by Crippen LogP contribution is -2.17. The highest BCUT2D eigenvalue weighted by molar-refractivity contribution is 7.90. The lowest BCUT2D eigenvalue weighted by molar-refractivity contribution is 0.566. The first-order valence-corrected chi connectivity index (χ1v) is 8.14. The van der Waals surface area contributed by atoms with Crippen LogP contribution in [0.4, 0.5) is 5.69 Å². The van der Waals surface area contributed by atoms with E-state index in [1.807, 2.05) is 12.1 Å². The Kier molecular flexibility index (Phi) is 3.92. The third kappa shape index (κ3) is 3.46. The van der Waals surface area contributed by atoms with Crippen molar-refractivity contribution < 1.29 is 8.42 Å². The first-order valence-electron chi connectivity index (χ1n) is 6.25. The summed E-state index contributed by atoms with van der Waals surface area (Å²) in [5, 5.41) is 3.34. The molecule has 1 aliphatic carbocycles. The standard InChI is InChI=1S/C13H20N2O2S/c1-18(16,17)13-6-4-12(5-7-13)15-9-10-2-3-11(14)8-10/h4-7,10-11,15H,2-3,8-9,14H2,1H3. The second kappa shape index (κ2) is 5.28. The van der Waals surface area contributed by atoms with Gasteiger partial charge in [-0.3, -0.25) is 0 Å². The monoisotopic (exact) mass is 268 g/mol. The molecule has 5 heteroatoms. The number of sulfone groups is 1. The third-order valence-electron chi connectivity index (χ3n) is 3.46. The predicted molar refractivity (Wildman–Crippen MR) is 73.4 cm³/mol. The first kappa shape index (κ1) is 13.4. The summed E-state index contributed by atoms with van der Waals surface area (Å²) in [6, 6.07) is 7.25. The Morgan fingerprint density at radius 1 is 1.28 bits per heavy atom. The Morgan fingerprint density at radius 3 is 2.44 bits per heavy atom. The molecule has 0 aliphatic heterocycles. The van der Waals surface area contributed by atoms with Crippen molar-refractivity contribution in [3.63, 3.8) is 0 Å². The average Bonchev–Trinajstić information content (AvgIpc) is 2.72. The number of nitrogens with two attached hydrogens (primary N) is 1. The Morgan fingerprint density at radius 2 is 1.94 bits per heavy atom. The predicted octanol–water partition coefficient (Wildman–Crippen LogP) is 1.63. The molecule has 1 fully saturated rings. The van der Waals surface area contributed by atoms with Gasteiger partial charge in [0.05, 0.1) is 4.90 Å². The zero-order valence-corrected chi connectivity index (χ0v) is 11.4. The molecule has 2 unspecified atom stereocenters. The highest BCUT2D eigenvalue weighted by Gasteiger charge is 2.21. The van der Waals surface area contributed by atoms with Crippen molar-refractivity contribution in [3.8, 4) is 0 Å². The van der Waals surface area contributed by atoms with Crippen molar-refractivity contribution in [2.45, 2.75) is 30.2 Å². The number of anilines is 1. The molecular formula is C13H20N2O2S. The van der Waals surface area contributed by atoms with E-state index in [1.165, 1.54) is 12.7 Å². The lowest BCUT2D eigenvalue weighted by Gasteiger charge is -2.12. The van der Waals surface area contributed by atoms with E-state index in [0.717, 1.165) is 25.1 Å². The van der Waals surface area contributed by atoms with Crippen LogP contribution in [0.3, 0.4) is 0 Å². The molecule has 0 bridgehead atoms. The minimum absolute atomic E-state index is 0.351. The summed E-state index contributed by atoms with van der Waals surface area (Å²) in [5.41, 5.74) is 6.83. The molecule has 2 rings (SSSR count). The van der Waals surface area contributed by atoms with E-state index in [2.05, 4.69) is 5.32 Å². The second-order valence-corrected chi connectivity index (χ2v) is 7.13. The summed E-state index contributed by atoms with van der Waals surface area (Å²) in [4.78, 5) is 0.357. The fraction of sp³-hybridized carbons (Fsp3) is 0.538. The molecule has 0 spiro atoms. The molecule has 1 aromatic carbocycles. The van der Waals surface area contributed by atoms with Gasteiger partial charge in [-0.1, -0.05) is 0 Å². The highest BCUT2D eigenvalue weighted by atomic mass is 32.2. The SMILES string of the molecule is CS(=O)(=O)c1ccc(NCC2CCC(N)C2)cc1. The molecule has 0 radical (unpaired) electrons. The molecule has 100 valence electrons. The summed E-state index contributed by atoms with van der Waals surface area (Å²) in [6.45, 7) is 0.909. The maximum atomic E-state index is 11.3. The van der Waals surface area contributed by atoms with E-state index in [4.69, 9.17) is 5.73 Å². The van der Waals surface area contributed by atoms with E-state index in [-0.39, 0.29) is 0 Å². The number of hydrogen-bond acceptors (Lipinski definition) is 4. The molecule has 3 N–H and O–H groups in total. The zero-order valence-electron chi connectivity index (χ0n) is 10.6. The molecular weight excluding hydrogens is 248 g/mol. The van der Waals surface area contributed by atoms with Crippen LogP contribution in [0.15, 0.2) is 29.2 Å². The van der Waals surface area contributed by atoms with Crippen LogP contribution in [0.5, 0.6) is 0 Å². The van der Waals surface area contributed by atoms with Gasteiger partial charge in [0.25, 0.3) is 0 Å². The average molecular weight is 268 g/mol. The molecule has 4 nitrogen and oxygen atoms in total. The maximum Gasteiger partial charge on any atom is 0.175 e. The normalized spacial score (nSPS) is 24.1. The van der Waals surface area contributed by atoms with Gasteiger partial charge in [0.2, 0.25) is 0 Å². The quantitative estimate of drug-likeness (QED) is 0.870. The smallest absolute Gasteiger partial charge is 0.175 e. The molecule has 1 aromatic rings. The largest absolute Gasteiger partial charge is 0.385 e. The topological polar surface area (TPSA) is 72.2 Å². The van der Waals surface area contributed by atoms with Gasteiger partial charge in [0.1, 0.15) is 0 Å². The molecule has 18 heavy (non-hydrogen) atoms. The fourth-order valence-corrected chi connectivity index (χ4v) is 3.01. The summed E-state index contributed by atoms with van der Waals surface area (Å²) >= 11 is 0. The van der Waals surface area contributed by atoms with E-state index in [9.17, 15) is 8.42 Å². The highest BCUT2D eigenvalue weighted by Crippen LogP contribution is 2.24. The van der Waals surface area contributed by atoms with E-state index in [1.54, 1.807) is 12.1 Å². The summed E-state index contributed by atoms with van der Waals surface area (Å²) in [6.07, 6.45) is 4.58. The molecule has 0 heterocycles. The van der Waals surface area contributed by atoms with Gasteiger partial charge < -0.3 is 11.1 Å². The Balaban J connectivity index is 1.91. The van der Waals surface area contributed by atoms with Crippen LogP contribution in [0, 0.1) is 5.92 Å². The fourth-order valence-electron chi connectivity index (χ4n) is 2.38. The molecule has 2 atom stereocenters.